The molecule has 1 unspecified atom stereocenters. The molecule has 5 nitrogen and oxygen atoms in total. The summed E-state index contributed by atoms with van der Waals surface area (Å²) in [6.07, 6.45) is 3.97. The van der Waals surface area contributed by atoms with E-state index < -0.39 is 0 Å². The lowest BCUT2D eigenvalue weighted by atomic mass is 10.1. The van der Waals surface area contributed by atoms with Crippen LogP contribution in [-0.2, 0) is 13.5 Å². The summed E-state index contributed by atoms with van der Waals surface area (Å²) in [5.74, 6) is 2.62. The average molecular weight is 273 g/mol. The first-order valence-electron chi connectivity index (χ1n) is 6.85. The molecular weight excluding hydrogens is 254 g/mol. The van der Waals surface area contributed by atoms with Gasteiger partial charge in [0.15, 0.2) is 11.5 Å². The number of anilines is 1. The Bertz CT molecular complexity index is 595. The predicted molar refractivity (Wildman–Crippen MR) is 77.2 cm³/mol. The van der Waals surface area contributed by atoms with Gasteiger partial charge < -0.3 is 14.8 Å². The molecule has 0 aliphatic carbocycles. The number of hydrogen-bond donors (Lipinski definition) is 1. The second kappa shape index (κ2) is 5.45. The molecule has 20 heavy (non-hydrogen) atoms. The van der Waals surface area contributed by atoms with Crippen molar-refractivity contribution in [1.29, 1.82) is 0 Å². The van der Waals surface area contributed by atoms with E-state index in [-0.39, 0.29) is 0 Å². The number of rotatable bonds is 5. The Labute approximate surface area is 118 Å². The van der Waals surface area contributed by atoms with Crippen LogP contribution >= 0.6 is 0 Å². The minimum Gasteiger partial charge on any atom is -0.454 e. The number of nitrogens with zero attached hydrogens (tertiary/aromatic N) is 2. The molecule has 106 valence electrons. The van der Waals surface area contributed by atoms with Gasteiger partial charge in [0.2, 0.25) is 6.79 Å². The van der Waals surface area contributed by atoms with Crippen LogP contribution in [0.15, 0.2) is 30.5 Å². The summed E-state index contributed by atoms with van der Waals surface area (Å²) in [5.41, 5.74) is 1.27. The predicted octanol–water partition coefficient (Wildman–Crippen LogP) is 2.58. The summed E-state index contributed by atoms with van der Waals surface area (Å²) in [6, 6.07) is 8.50. The average Bonchev–Trinajstić information content (AvgIpc) is 3.04. The molecule has 2 heterocycles. The van der Waals surface area contributed by atoms with Gasteiger partial charge in [-0.2, -0.15) is 5.10 Å². The van der Waals surface area contributed by atoms with Gasteiger partial charge in [-0.15, -0.1) is 0 Å². The SMILES string of the molecule is CC(CCc1ccc2c(c1)OCO2)Nc1ccn(C)n1. The fourth-order valence-corrected chi connectivity index (χ4v) is 2.30. The van der Waals surface area contributed by atoms with Gasteiger partial charge in [0, 0.05) is 25.4 Å². The number of nitrogens with one attached hydrogen (secondary N) is 1. The number of fused-ring (bicyclic) bond motifs is 1. The van der Waals surface area contributed by atoms with E-state index in [1.54, 1.807) is 4.68 Å². The normalized spacial score (nSPS) is 14.3. The lowest BCUT2D eigenvalue weighted by molar-refractivity contribution is 0.174. The fourth-order valence-electron chi connectivity index (χ4n) is 2.30. The van der Waals surface area contributed by atoms with Gasteiger partial charge >= 0.3 is 0 Å². The zero-order valence-electron chi connectivity index (χ0n) is 11.8. The van der Waals surface area contributed by atoms with E-state index in [0.717, 1.165) is 30.2 Å². The van der Waals surface area contributed by atoms with Crippen molar-refractivity contribution in [3.05, 3.63) is 36.0 Å². The van der Waals surface area contributed by atoms with Gasteiger partial charge in [-0.25, -0.2) is 0 Å². The van der Waals surface area contributed by atoms with Crippen molar-refractivity contribution in [1.82, 2.24) is 9.78 Å². The maximum Gasteiger partial charge on any atom is 0.231 e. The van der Waals surface area contributed by atoms with E-state index in [1.165, 1.54) is 5.56 Å². The lowest BCUT2D eigenvalue weighted by Crippen LogP contribution is -2.16. The van der Waals surface area contributed by atoms with Gasteiger partial charge in [0.05, 0.1) is 0 Å². The third-order valence-electron chi connectivity index (χ3n) is 3.41. The zero-order chi connectivity index (χ0) is 13.9. The number of aryl methyl sites for hydroxylation is 2. The van der Waals surface area contributed by atoms with Crippen LogP contribution in [0.25, 0.3) is 0 Å². The molecule has 0 saturated heterocycles. The first kappa shape index (κ1) is 12.8. The highest BCUT2D eigenvalue weighted by Crippen LogP contribution is 2.32. The molecule has 1 atom stereocenters. The smallest absolute Gasteiger partial charge is 0.231 e. The summed E-state index contributed by atoms with van der Waals surface area (Å²) in [5, 5.41) is 7.72. The van der Waals surface area contributed by atoms with Crippen LogP contribution in [0.3, 0.4) is 0 Å². The largest absolute Gasteiger partial charge is 0.454 e. The van der Waals surface area contributed by atoms with E-state index in [4.69, 9.17) is 9.47 Å². The molecule has 5 heteroatoms. The van der Waals surface area contributed by atoms with Crippen molar-refractivity contribution in [2.45, 2.75) is 25.8 Å². The minimum atomic E-state index is 0.330. The topological polar surface area (TPSA) is 48.3 Å². The summed E-state index contributed by atoms with van der Waals surface area (Å²) < 4.78 is 12.5. The maximum atomic E-state index is 5.39. The summed E-state index contributed by atoms with van der Waals surface area (Å²) >= 11 is 0. The fraction of sp³-hybridized carbons (Fsp3) is 0.400. The van der Waals surface area contributed by atoms with Crippen molar-refractivity contribution in [2.75, 3.05) is 12.1 Å². The molecule has 3 rings (SSSR count). The second-order valence-electron chi connectivity index (χ2n) is 5.15. The van der Waals surface area contributed by atoms with Crippen LogP contribution in [0.4, 0.5) is 5.82 Å². The highest BCUT2D eigenvalue weighted by Gasteiger charge is 2.13. The van der Waals surface area contributed by atoms with Crippen molar-refractivity contribution >= 4 is 5.82 Å². The van der Waals surface area contributed by atoms with Gasteiger partial charge in [0.25, 0.3) is 0 Å². The Morgan fingerprint density at radius 1 is 1.30 bits per heavy atom. The Hall–Kier alpha value is -2.17. The van der Waals surface area contributed by atoms with Crippen LogP contribution in [0.1, 0.15) is 18.9 Å². The summed E-state index contributed by atoms with van der Waals surface area (Å²) in [4.78, 5) is 0. The van der Waals surface area contributed by atoms with Crippen molar-refractivity contribution in [3.8, 4) is 11.5 Å². The molecule has 0 spiro atoms. The van der Waals surface area contributed by atoms with E-state index in [0.29, 0.717) is 12.8 Å². The Morgan fingerprint density at radius 2 is 2.15 bits per heavy atom. The summed E-state index contributed by atoms with van der Waals surface area (Å²) in [6.45, 7) is 2.50. The van der Waals surface area contributed by atoms with E-state index in [9.17, 15) is 0 Å². The molecule has 0 radical (unpaired) electrons. The summed E-state index contributed by atoms with van der Waals surface area (Å²) in [7, 11) is 1.92. The standard InChI is InChI=1S/C15H19N3O2/c1-11(16-15-7-8-18(2)17-15)3-4-12-5-6-13-14(9-12)20-10-19-13/h5-9,11H,3-4,10H2,1-2H3,(H,16,17). The maximum absolute atomic E-state index is 5.39. The van der Waals surface area contributed by atoms with Crippen LogP contribution in [0, 0.1) is 0 Å². The third kappa shape index (κ3) is 2.87. The molecule has 0 fully saturated rings. The van der Waals surface area contributed by atoms with Crippen LogP contribution in [-0.4, -0.2) is 22.6 Å². The van der Waals surface area contributed by atoms with Gasteiger partial charge in [-0.3, -0.25) is 4.68 Å². The lowest BCUT2D eigenvalue weighted by Gasteiger charge is -2.13. The van der Waals surface area contributed by atoms with E-state index in [2.05, 4.69) is 29.5 Å². The Morgan fingerprint density at radius 3 is 2.95 bits per heavy atom. The number of ether oxygens (including phenoxy) is 2. The third-order valence-corrected chi connectivity index (χ3v) is 3.41. The monoisotopic (exact) mass is 273 g/mol. The van der Waals surface area contributed by atoms with Crippen LogP contribution in [0.2, 0.25) is 0 Å². The van der Waals surface area contributed by atoms with Gasteiger partial charge in [-0.05, 0) is 37.5 Å². The first-order valence-corrected chi connectivity index (χ1v) is 6.85. The molecule has 1 aliphatic heterocycles. The molecule has 1 N–H and O–H groups in total. The Kier molecular flexibility index (Phi) is 3.50. The minimum absolute atomic E-state index is 0.330. The van der Waals surface area contributed by atoms with Crippen LogP contribution in [0.5, 0.6) is 11.5 Å². The van der Waals surface area contributed by atoms with Crippen molar-refractivity contribution < 1.29 is 9.47 Å². The van der Waals surface area contributed by atoms with Gasteiger partial charge in [-0.1, -0.05) is 6.07 Å². The molecule has 2 aromatic rings. The number of aromatic nitrogens is 2. The highest BCUT2D eigenvalue weighted by atomic mass is 16.7. The van der Waals surface area contributed by atoms with E-state index >= 15 is 0 Å². The quantitative estimate of drug-likeness (QED) is 0.909. The number of hydrogen-bond acceptors (Lipinski definition) is 4. The molecular formula is C15H19N3O2. The molecule has 1 aromatic heterocycles. The van der Waals surface area contributed by atoms with Crippen molar-refractivity contribution in [2.24, 2.45) is 7.05 Å². The molecule has 0 bridgehead atoms. The van der Waals surface area contributed by atoms with Crippen molar-refractivity contribution in [3.63, 3.8) is 0 Å². The van der Waals surface area contributed by atoms with E-state index in [1.807, 2.05) is 25.4 Å². The number of benzene rings is 1. The van der Waals surface area contributed by atoms with Gasteiger partial charge in [0.1, 0.15) is 5.82 Å². The zero-order valence-corrected chi connectivity index (χ0v) is 11.8. The molecule has 0 saturated carbocycles. The first-order chi connectivity index (χ1) is 9.70. The van der Waals surface area contributed by atoms with Crippen LogP contribution < -0.4 is 14.8 Å². The second-order valence-corrected chi connectivity index (χ2v) is 5.15. The molecule has 0 amide bonds. The molecule has 1 aromatic carbocycles. The Balaban J connectivity index is 1.53. The highest BCUT2D eigenvalue weighted by molar-refractivity contribution is 5.44. The molecule has 1 aliphatic rings.